The van der Waals surface area contributed by atoms with Crippen LogP contribution in [-0.2, 0) is 9.53 Å². The van der Waals surface area contributed by atoms with Crippen LogP contribution in [0.4, 0.5) is 4.39 Å². The number of benzene rings is 2. The van der Waals surface area contributed by atoms with Gasteiger partial charge in [-0.25, -0.2) is 14.2 Å². The van der Waals surface area contributed by atoms with Crippen LogP contribution >= 0.6 is 43.2 Å². The van der Waals surface area contributed by atoms with Gasteiger partial charge in [0.1, 0.15) is 11.6 Å². The van der Waals surface area contributed by atoms with Gasteiger partial charge in [-0.05, 0) is 65.7 Å². The molecule has 1 atom stereocenters. The Morgan fingerprint density at radius 3 is 2.67 bits per heavy atom. The van der Waals surface area contributed by atoms with Crippen molar-refractivity contribution in [3.8, 4) is 5.75 Å². The zero-order chi connectivity index (χ0) is 23.9. The highest BCUT2D eigenvalue weighted by molar-refractivity contribution is 9.11. The van der Waals surface area contributed by atoms with E-state index >= 15 is 0 Å². The number of aromatic nitrogens is 1. The molecule has 2 aromatic carbocycles. The van der Waals surface area contributed by atoms with Crippen molar-refractivity contribution < 1.29 is 19.0 Å². The molecule has 0 amide bonds. The zero-order valence-electron chi connectivity index (χ0n) is 17.4. The number of thiazole rings is 1. The van der Waals surface area contributed by atoms with E-state index in [1.165, 1.54) is 28.8 Å². The Balaban J connectivity index is 1.98. The lowest BCUT2D eigenvalue weighted by Gasteiger charge is -2.24. The van der Waals surface area contributed by atoms with Gasteiger partial charge in [-0.3, -0.25) is 9.36 Å². The van der Waals surface area contributed by atoms with Gasteiger partial charge in [-0.2, -0.15) is 0 Å². The Morgan fingerprint density at radius 1 is 1.30 bits per heavy atom. The fourth-order valence-corrected chi connectivity index (χ4v) is 5.88. The zero-order valence-corrected chi connectivity index (χ0v) is 21.4. The second kappa shape index (κ2) is 9.36. The summed E-state index contributed by atoms with van der Waals surface area (Å²) in [7, 11) is 0. The molecule has 0 aliphatic carbocycles. The molecule has 1 aliphatic rings. The number of rotatable bonds is 4. The van der Waals surface area contributed by atoms with E-state index in [2.05, 4.69) is 36.9 Å². The van der Waals surface area contributed by atoms with Crippen LogP contribution < -0.4 is 14.9 Å². The molecule has 3 aromatic rings. The minimum absolute atomic E-state index is 0.0116. The maximum Gasteiger partial charge on any atom is 0.338 e. The number of carbonyl (C=O) groups is 1. The van der Waals surface area contributed by atoms with Crippen molar-refractivity contribution in [3.63, 3.8) is 0 Å². The van der Waals surface area contributed by atoms with E-state index in [-0.39, 0.29) is 17.9 Å². The summed E-state index contributed by atoms with van der Waals surface area (Å²) in [4.78, 5) is 31.2. The highest BCUT2D eigenvalue weighted by Gasteiger charge is 2.33. The molecule has 0 bridgehead atoms. The highest BCUT2D eigenvalue weighted by atomic mass is 79.9. The number of ether oxygens (including phenoxy) is 1. The van der Waals surface area contributed by atoms with E-state index in [1.54, 1.807) is 32.1 Å². The molecule has 6 nitrogen and oxygen atoms in total. The number of allylic oxidation sites excluding steroid dienone is 1. The largest absolute Gasteiger partial charge is 0.506 e. The Morgan fingerprint density at radius 2 is 2.00 bits per heavy atom. The van der Waals surface area contributed by atoms with Crippen molar-refractivity contribution in [2.24, 2.45) is 4.99 Å². The molecule has 10 heteroatoms. The van der Waals surface area contributed by atoms with Gasteiger partial charge < -0.3 is 9.84 Å². The molecule has 0 saturated heterocycles. The summed E-state index contributed by atoms with van der Waals surface area (Å²) in [5, 5.41) is 10.4. The number of halogens is 3. The lowest BCUT2D eigenvalue weighted by atomic mass is 9.96. The summed E-state index contributed by atoms with van der Waals surface area (Å²) in [5.41, 5.74) is 1.23. The van der Waals surface area contributed by atoms with E-state index in [0.29, 0.717) is 30.6 Å². The fraction of sp³-hybridized carbons (Fsp3) is 0.174. The second-order valence-corrected chi connectivity index (χ2v) is 9.96. The topological polar surface area (TPSA) is 80.9 Å². The highest BCUT2D eigenvalue weighted by Crippen LogP contribution is 2.33. The molecule has 1 aromatic heterocycles. The van der Waals surface area contributed by atoms with E-state index in [0.717, 1.165) is 15.8 Å². The molecule has 33 heavy (non-hydrogen) atoms. The van der Waals surface area contributed by atoms with Gasteiger partial charge in [-0.15, -0.1) is 0 Å². The van der Waals surface area contributed by atoms with Gasteiger partial charge in [0, 0.05) is 10.0 Å². The predicted molar refractivity (Wildman–Crippen MR) is 130 cm³/mol. The SMILES string of the molecule is CCOC(=O)C1=C(C)N=c2s/c(=C\c3cc(Br)cc(Br)c3O)c(=O)n2[C@@H]1c1ccc(F)cc1. The molecule has 4 rings (SSSR count). The van der Waals surface area contributed by atoms with Crippen molar-refractivity contribution in [2.75, 3.05) is 6.61 Å². The number of phenolic OH excluding ortho intramolecular Hbond substituents is 1. The third kappa shape index (κ3) is 4.47. The first-order valence-electron chi connectivity index (χ1n) is 9.84. The number of aromatic hydroxyl groups is 1. The van der Waals surface area contributed by atoms with Gasteiger partial charge >= 0.3 is 5.97 Å². The van der Waals surface area contributed by atoms with E-state index < -0.39 is 23.4 Å². The van der Waals surface area contributed by atoms with E-state index in [4.69, 9.17) is 4.74 Å². The molecule has 1 N–H and O–H groups in total. The summed E-state index contributed by atoms with van der Waals surface area (Å²) in [5.74, 6) is -1.03. The molecule has 1 aliphatic heterocycles. The molecule has 0 unspecified atom stereocenters. The van der Waals surface area contributed by atoms with Crippen LogP contribution in [-0.4, -0.2) is 22.2 Å². The molecule has 0 saturated carbocycles. The molecule has 0 spiro atoms. The van der Waals surface area contributed by atoms with Crippen LogP contribution in [0.25, 0.3) is 6.08 Å². The number of fused-ring (bicyclic) bond motifs is 1. The predicted octanol–water partition coefficient (Wildman–Crippen LogP) is 4.17. The standard InChI is InChI=1S/C23H17Br2FN2O4S/c1-3-32-22(31)18-11(2)27-23-28(19(18)12-4-6-15(26)7-5-12)21(30)17(33-23)9-13-8-14(24)10-16(25)20(13)29/h4-10,19,29H,3H2,1-2H3/b17-9-/t19-/m1/s1. The summed E-state index contributed by atoms with van der Waals surface area (Å²) < 4.78 is 21.8. The minimum Gasteiger partial charge on any atom is -0.506 e. The first kappa shape index (κ1) is 23.6. The van der Waals surface area contributed by atoms with Crippen LogP contribution in [0.2, 0.25) is 0 Å². The Bertz CT molecular complexity index is 1480. The smallest absolute Gasteiger partial charge is 0.338 e. The lowest BCUT2D eigenvalue weighted by molar-refractivity contribution is -0.139. The maximum atomic E-state index is 13.6. The minimum atomic E-state index is -0.828. The molecule has 170 valence electrons. The van der Waals surface area contributed by atoms with Crippen molar-refractivity contribution in [1.82, 2.24) is 4.57 Å². The number of hydrogen-bond donors (Lipinski definition) is 1. The third-order valence-corrected chi connectivity index (χ3v) is 7.09. The van der Waals surface area contributed by atoms with Gasteiger partial charge in [0.25, 0.3) is 5.56 Å². The van der Waals surface area contributed by atoms with Crippen LogP contribution in [0.15, 0.2) is 66.4 Å². The first-order valence-corrected chi connectivity index (χ1v) is 12.2. The number of nitrogens with zero attached hydrogens (tertiary/aromatic N) is 2. The number of hydrogen-bond acceptors (Lipinski definition) is 6. The summed E-state index contributed by atoms with van der Waals surface area (Å²) in [6.07, 6.45) is 1.57. The summed E-state index contributed by atoms with van der Waals surface area (Å²) >= 11 is 7.81. The normalized spacial score (nSPS) is 15.9. The van der Waals surface area contributed by atoms with Crippen molar-refractivity contribution >= 4 is 55.2 Å². The summed E-state index contributed by atoms with van der Waals surface area (Å²) in [6, 6.07) is 8.17. The Labute approximate surface area is 208 Å². The number of phenols is 1. The van der Waals surface area contributed by atoms with Gasteiger partial charge in [0.15, 0.2) is 4.80 Å². The number of carbonyl (C=O) groups excluding carboxylic acids is 1. The van der Waals surface area contributed by atoms with Crippen molar-refractivity contribution in [3.05, 3.63) is 93.2 Å². The molecule has 2 heterocycles. The second-order valence-electron chi connectivity index (χ2n) is 7.18. The Kier molecular flexibility index (Phi) is 6.69. The Hall–Kier alpha value is -2.56. The first-order chi connectivity index (χ1) is 15.7. The number of esters is 1. The summed E-state index contributed by atoms with van der Waals surface area (Å²) in [6.45, 7) is 3.53. The molecule has 0 radical (unpaired) electrons. The van der Waals surface area contributed by atoms with E-state index in [9.17, 15) is 19.1 Å². The molecule has 0 fully saturated rings. The van der Waals surface area contributed by atoms with Gasteiger partial charge in [0.2, 0.25) is 0 Å². The molecular formula is C23H17Br2FN2O4S. The van der Waals surface area contributed by atoms with Gasteiger partial charge in [-0.1, -0.05) is 39.4 Å². The van der Waals surface area contributed by atoms with Crippen LogP contribution in [0.1, 0.15) is 31.0 Å². The van der Waals surface area contributed by atoms with Crippen LogP contribution in [0.3, 0.4) is 0 Å². The van der Waals surface area contributed by atoms with Crippen molar-refractivity contribution in [2.45, 2.75) is 19.9 Å². The fourth-order valence-electron chi connectivity index (χ4n) is 3.59. The van der Waals surface area contributed by atoms with Gasteiger partial charge in [0.05, 0.1) is 32.9 Å². The molecular weight excluding hydrogens is 579 g/mol. The average molecular weight is 596 g/mol. The van der Waals surface area contributed by atoms with E-state index in [1.807, 2.05) is 0 Å². The van der Waals surface area contributed by atoms with Crippen molar-refractivity contribution in [1.29, 1.82) is 0 Å². The average Bonchev–Trinajstić information content (AvgIpc) is 3.06. The monoisotopic (exact) mass is 594 g/mol. The maximum absolute atomic E-state index is 13.6. The van der Waals surface area contributed by atoms with Crippen LogP contribution in [0.5, 0.6) is 5.75 Å². The van der Waals surface area contributed by atoms with Crippen LogP contribution in [0, 0.1) is 5.82 Å². The quantitative estimate of drug-likeness (QED) is 0.459. The third-order valence-electron chi connectivity index (χ3n) is 5.05. The lowest BCUT2D eigenvalue weighted by Crippen LogP contribution is -2.39.